The van der Waals surface area contributed by atoms with E-state index in [1.807, 2.05) is 18.3 Å². The molecule has 0 aliphatic carbocycles. The SMILES string of the molecule is I.NC(=NCc1ccc(N2CCCCCC2)nc1)NCc1ccc(OC(F)(F)F)cc1. The van der Waals surface area contributed by atoms with Gasteiger partial charge in [-0.15, -0.1) is 37.1 Å². The van der Waals surface area contributed by atoms with E-state index in [2.05, 4.69) is 24.9 Å². The summed E-state index contributed by atoms with van der Waals surface area (Å²) in [6.07, 6.45) is 2.08. The molecule has 0 atom stereocenters. The molecule has 10 heteroatoms. The standard InChI is InChI=1S/C21H26F3N5O.HI/c22-21(23,24)30-18-8-5-16(6-9-18)13-27-20(25)28-15-17-7-10-19(26-14-17)29-11-3-1-2-4-12-29;/h5-10,14H,1-4,11-13,15H2,(H3,25,27,28);1H. The van der Waals surface area contributed by atoms with Gasteiger partial charge in [0.2, 0.25) is 0 Å². The summed E-state index contributed by atoms with van der Waals surface area (Å²) < 4.78 is 40.4. The van der Waals surface area contributed by atoms with Gasteiger partial charge >= 0.3 is 6.36 Å². The number of nitrogens with two attached hydrogens (primary N) is 1. The van der Waals surface area contributed by atoms with Crippen molar-refractivity contribution in [1.29, 1.82) is 0 Å². The number of aliphatic imine (C=N–C) groups is 1. The van der Waals surface area contributed by atoms with Gasteiger partial charge in [-0.2, -0.15) is 0 Å². The number of alkyl halides is 3. The van der Waals surface area contributed by atoms with Gasteiger partial charge in [-0.1, -0.05) is 31.0 Å². The lowest BCUT2D eigenvalue weighted by Crippen LogP contribution is -2.31. The van der Waals surface area contributed by atoms with E-state index in [9.17, 15) is 13.2 Å². The van der Waals surface area contributed by atoms with Gasteiger partial charge in [0.15, 0.2) is 5.96 Å². The molecule has 0 unspecified atom stereocenters. The van der Waals surface area contributed by atoms with Gasteiger partial charge < -0.3 is 20.7 Å². The molecule has 1 fully saturated rings. The highest BCUT2D eigenvalue weighted by Gasteiger charge is 2.30. The van der Waals surface area contributed by atoms with Gasteiger partial charge in [-0.3, -0.25) is 0 Å². The van der Waals surface area contributed by atoms with E-state index in [1.54, 1.807) is 0 Å². The predicted octanol–water partition coefficient (Wildman–Crippen LogP) is 4.58. The number of halogens is 4. The highest BCUT2D eigenvalue weighted by atomic mass is 127. The molecule has 1 saturated heterocycles. The highest BCUT2D eigenvalue weighted by Crippen LogP contribution is 2.22. The Labute approximate surface area is 197 Å². The van der Waals surface area contributed by atoms with Crippen molar-refractivity contribution in [1.82, 2.24) is 10.3 Å². The number of pyridine rings is 1. The fourth-order valence-electron chi connectivity index (χ4n) is 3.23. The largest absolute Gasteiger partial charge is 0.573 e. The van der Waals surface area contributed by atoms with Crippen LogP contribution in [0.2, 0.25) is 0 Å². The molecule has 2 aromatic rings. The lowest BCUT2D eigenvalue weighted by molar-refractivity contribution is -0.274. The van der Waals surface area contributed by atoms with Crippen LogP contribution >= 0.6 is 24.0 Å². The van der Waals surface area contributed by atoms with Gasteiger partial charge in [0.1, 0.15) is 11.6 Å². The van der Waals surface area contributed by atoms with Crippen LogP contribution in [-0.4, -0.2) is 30.4 Å². The molecule has 3 N–H and O–H groups in total. The minimum Gasteiger partial charge on any atom is -0.406 e. The maximum atomic E-state index is 12.2. The number of hydrogen-bond donors (Lipinski definition) is 2. The Hall–Kier alpha value is -2.24. The summed E-state index contributed by atoms with van der Waals surface area (Å²) in [5, 5.41) is 2.94. The third-order valence-electron chi connectivity index (χ3n) is 4.80. The highest BCUT2D eigenvalue weighted by molar-refractivity contribution is 14.0. The molecule has 1 aromatic carbocycles. The topological polar surface area (TPSA) is 75.8 Å². The van der Waals surface area contributed by atoms with E-state index >= 15 is 0 Å². The minimum atomic E-state index is -4.70. The van der Waals surface area contributed by atoms with Crippen LogP contribution in [-0.2, 0) is 13.1 Å². The third-order valence-corrected chi connectivity index (χ3v) is 4.80. The van der Waals surface area contributed by atoms with Gasteiger partial charge in [-0.25, -0.2) is 9.98 Å². The summed E-state index contributed by atoms with van der Waals surface area (Å²) in [7, 11) is 0. The molecule has 0 bridgehead atoms. The maximum Gasteiger partial charge on any atom is 0.573 e. The van der Waals surface area contributed by atoms with Gasteiger partial charge in [-0.05, 0) is 42.2 Å². The van der Waals surface area contributed by atoms with Crippen molar-refractivity contribution < 1.29 is 17.9 Å². The monoisotopic (exact) mass is 549 g/mol. The first-order valence-corrected chi connectivity index (χ1v) is 9.97. The average Bonchev–Trinajstić information content (AvgIpc) is 3.00. The van der Waals surface area contributed by atoms with Crippen LogP contribution in [0.4, 0.5) is 19.0 Å². The van der Waals surface area contributed by atoms with Crippen molar-refractivity contribution in [2.45, 2.75) is 45.1 Å². The van der Waals surface area contributed by atoms with Crippen LogP contribution in [0.1, 0.15) is 36.8 Å². The van der Waals surface area contributed by atoms with Crippen LogP contribution < -0.4 is 20.7 Å². The zero-order valence-electron chi connectivity index (χ0n) is 17.1. The molecule has 6 nitrogen and oxygen atoms in total. The van der Waals surface area contributed by atoms with Crippen molar-refractivity contribution in [2.75, 3.05) is 18.0 Å². The van der Waals surface area contributed by atoms with Crippen LogP contribution in [0.25, 0.3) is 0 Å². The Morgan fingerprint density at radius 3 is 2.26 bits per heavy atom. The molecule has 0 saturated carbocycles. The number of aromatic nitrogens is 1. The van der Waals surface area contributed by atoms with E-state index in [0.29, 0.717) is 13.1 Å². The molecule has 0 spiro atoms. The van der Waals surface area contributed by atoms with E-state index < -0.39 is 6.36 Å². The Balaban J connectivity index is 0.00000341. The summed E-state index contributed by atoms with van der Waals surface area (Å²) in [5.74, 6) is 0.986. The van der Waals surface area contributed by atoms with Crippen molar-refractivity contribution in [2.24, 2.45) is 10.7 Å². The Morgan fingerprint density at radius 2 is 1.68 bits per heavy atom. The summed E-state index contributed by atoms with van der Waals surface area (Å²) >= 11 is 0. The van der Waals surface area contributed by atoms with Gasteiger partial charge in [0.25, 0.3) is 0 Å². The summed E-state index contributed by atoms with van der Waals surface area (Å²) in [4.78, 5) is 11.2. The van der Waals surface area contributed by atoms with Crippen molar-refractivity contribution in [3.8, 4) is 5.75 Å². The fourth-order valence-corrected chi connectivity index (χ4v) is 3.23. The molecular formula is C21H27F3IN5O. The number of ether oxygens (including phenoxy) is 1. The molecule has 0 radical (unpaired) electrons. The molecule has 31 heavy (non-hydrogen) atoms. The molecule has 2 heterocycles. The Kier molecular flexibility index (Phi) is 9.66. The summed E-state index contributed by atoms with van der Waals surface area (Å²) in [6, 6.07) is 9.61. The molecule has 3 rings (SSSR count). The van der Waals surface area contributed by atoms with Crippen LogP contribution in [0.5, 0.6) is 5.75 Å². The maximum absolute atomic E-state index is 12.2. The van der Waals surface area contributed by atoms with Crippen molar-refractivity contribution in [3.63, 3.8) is 0 Å². The van der Waals surface area contributed by atoms with Crippen LogP contribution in [0, 0.1) is 0 Å². The zero-order valence-corrected chi connectivity index (χ0v) is 19.4. The quantitative estimate of drug-likeness (QED) is 0.314. The van der Waals surface area contributed by atoms with Gasteiger partial charge in [0.05, 0.1) is 6.54 Å². The second-order valence-electron chi connectivity index (χ2n) is 7.17. The lowest BCUT2D eigenvalue weighted by Gasteiger charge is -2.21. The number of nitrogens with zero attached hydrogens (tertiary/aromatic N) is 3. The van der Waals surface area contributed by atoms with Crippen LogP contribution in [0.15, 0.2) is 47.6 Å². The zero-order chi connectivity index (χ0) is 21.4. The third kappa shape index (κ3) is 8.80. The molecule has 1 aliphatic heterocycles. The summed E-state index contributed by atoms with van der Waals surface area (Å²) in [5.41, 5.74) is 7.59. The molecule has 1 aromatic heterocycles. The van der Waals surface area contributed by atoms with E-state index in [-0.39, 0.29) is 35.7 Å². The van der Waals surface area contributed by atoms with Crippen LogP contribution in [0.3, 0.4) is 0 Å². The Morgan fingerprint density at radius 1 is 1.03 bits per heavy atom. The minimum absolute atomic E-state index is 0. The first-order valence-electron chi connectivity index (χ1n) is 9.97. The van der Waals surface area contributed by atoms with Crippen molar-refractivity contribution in [3.05, 3.63) is 53.7 Å². The van der Waals surface area contributed by atoms with E-state index in [4.69, 9.17) is 5.73 Å². The number of rotatable bonds is 6. The molecule has 1 aliphatic rings. The summed E-state index contributed by atoms with van der Waals surface area (Å²) in [6.45, 7) is 2.83. The molecular weight excluding hydrogens is 522 g/mol. The van der Waals surface area contributed by atoms with Crippen molar-refractivity contribution >= 4 is 35.8 Å². The molecule has 0 amide bonds. The number of guanidine groups is 1. The van der Waals surface area contributed by atoms with Gasteiger partial charge in [0, 0.05) is 25.8 Å². The normalized spacial score (nSPS) is 15.1. The second kappa shape index (κ2) is 12.0. The average molecular weight is 549 g/mol. The number of benzene rings is 1. The van der Waals surface area contributed by atoms with E-state index in [1.165, 1.54) is 49.9 Å². The lowest BCUT2D eigenvalue weighted by atomic mass is 10.2. The number of hydrogen-bond acceptors (Lipinski definition) is 4. The second-order valence-corrected chi connectivity index (χ2v) is 7.17. The van der Waals surface area contributed by atoms with E-state index in [0.717, 1.165) is 30.0 Å². The number of nitrogens with one attached hydrogen (secondary N) is 1. The Bertz CT molecular complexity index is 820. The fraction of sp³-hybridized carbons (Fsp3) is 0.429. The smallest absolute Gasteiger partial charge is 0.406 e. The predicted molar refractivity (Wildman–Crippen MR) is 126 cm³/mol. The first-order chi connectivity index (χ1) is 14.4. The first kappa shape index (κ1) is 25.0. The molecule has 170 valence electrons. The number of anilines is 1.